The molecule has 1 aromatic carbocycles. The van der Waals surface area contributed by atoms with E-state index in [-0.39, 0.29) is 12.2 Å². The first-order valence-electron chi connectivity index (χ1n) is 5.99. The number of hydrogen-bond donors (Lipinski definition) is 0. The van der Waals surface area contributed by atoms with Crippen molar-refractivity contribution in [3.05, 3.63) is 53.4 Å². The topological polar surface area (TPSA) is 34.9 Å². The summed E-state index contributed by atoms with van der Waals surface area (Å²) in [5.41, 5.74) is 1.47. The van der Waals surface area contributed by atoms with Crippen LogP contribution in [0.2, 0.25) is 0 Å². The van der Waals surface area contributed by atoms with Gasteiger partial charge in [0.25, 0.3) is 0 Å². The molecule has 0 bridgehead atoms. The number of Topliss-reactive ketones (excluding diaryl/α,β-unsaturated/α-hetero) is 1. The predicted molar refractivity (Wildman–Crippen MR) is 66.6 cm³/mol. The van der Waals surface area contributed by atoms with Gasteiger partial charge in [0, 0.05) is 31.8 Å². The highest BCUT2D eigenvalue weighted by Crippen LogP contribution is 2.11. The minimum absolute atomic E-state index is 0.00721. The molecule has 0 aliphatic heterocycles. The number of halogens is 2. The van der Waals surface area contributed by atoms with Crippen LogP contribution in [0.4, 0.5) is 8.78 Å². The molecular formula is C14H14F2N2O. The molecule has 2 rings (SSSR count). The fraction of sp³-hybridized carbons (Fsp3) is 0.286. The lowest BCUT2D eigenvalue weighted by molar-refractivity contribution is -0.118. The first kappa shape index (κ1) is 13.4. The second kappa shape index (κ2) is 5.73. The van der Waals surface area contributed by atoms with E-state index in [4.69, 9.17) is 0 Å². The van der Waals surface area contributed by atoms with Crippen LogP contribution in [0.3, 0.4) is 0 Å². The lowest BCUT2D eigenvalue weighted by Gasteiger charge is -2.03. The predicted octanol–water partition coefficient (Wildman–Crippen LogP) is 2.44. The highest BCUT2D eigenvalue weighted by molar-refractivity contribution is 5.81. The molecule has 100 valence electrons. The van der Waals surface area contributed by atoms with Crippen LogP contribution in [-0.2, 0) is 24.7 Å². The summed E-state index contributed by atoms with van der Waals surface area (Å²) in [5.74, 6) is -1.82. The van der Waals surface area contributed by atoms with Crippen molar-refractivity contribution in [2.24, 2.45) is 7.05 Å². The van der Waals surface area contributed by atoms with E-state index in [0.29, 0.717) is 18.4 Å². The maximum Gasteiger partial charge on any atom is 0.159 e. The van der Waals surface area contributed by atoms with Gasteiger partial charge in [0.15, 0.2) is 11.6 Å². The van der Waals surface area contributed by atoms with Gasteiger partial charge in [-0.05, 0) is 30.2 Å². The minimum Gasteiger partial charge on any atom is -0.299 e. The molecule has 0 aliphatic rings. The van der Waals surface area contributed by atoms with Gasteiger partial charge >= 0.3 is 0 Å². The first-order chi connectivity index (χ1) is 9.06. The second-order valence-electron chi connectivity index (χ2n) is 4.41. The molecule has 0 aliphatic carbocycles. The van der Waals surface area contributed by atoms with Gasteiger partial charge < -0.3 is 0 Å². The molecule has 5 heteroatoms. The number of carbonyl (C=O) groups excluding carboxylic acids is 1. The van der Waals surface area contributed by atoms with E-state index < -0.39 is 11.6 Å². The Kier molecular flexibility index (Phi) is 4.04. The molecule has 0 spiro atoms. The van der Waals surface area contributed by atoms with E-state index in [1.165, 1.54) is 6.07 Å². The summed E-state index contributed by atoms with van der Waals surface area (Å²) in [4.78, 5) is 11.8. The molecule has 2 aromatic rings. The Balaban J connectivity index is 1.91. The number of carbonyl (C=O) groups is 1. The Bertz CT molecular complexity index is 593. The average Bonchev–Trinajstić information content (AvgIpc) is 2.77. The van der Waals surface area contributed by atoms with Crippen molar-refractivity contribution in [1.82, 2.24) is 9.78 Å². The number of hydrogen-bond acceptors (Lipinski definition) is 2. The number of aromatic nitrogens is 2. The van der Waals surface area contributed by atoms with E-state index in [0.717, 1.165) is 17.8 Å². The largest absolute Gasteiger partial charge is 0.299 e. The molecule has 0 N–H and O–H groups in total. The van der Waals surface area contributed by atoms with Crippen molar-refractivity contribution < 1.29 is 13.6 Å². The summed E-state index contributed by atoms with van der Waals surface area (Å²) in [6.45, 7) is 0. The van der Waals surface area contributed by atoms with Crippen molar-refractivity contribution in [3.8, 4) is 0 Å². The van der Waals surface area contributed by atoms with E-state index >= 15 is 0 Å². The quantitative estimate of drug-likeness (QED) is 0.831. The van der Waals surface area contributed by atoms with Crippen LogP contribution in [0.25, 0.3) is 0 Å². The zero-order valence-corrected chi connectivity index (χ0v) is 10.6. The molecule has 1 heterocycles. The number of rotatable bonds is 5. The van der Waals surface area contributed by atoms with Gasteiger partial charge in [0.05, 0.1) is 0 Å². The van der Waals surface area contributed by atoms with Gasteiger partial charge in [-0.3, -0.25) is 9.48 Å². The van der Waals surface area contributed by atoms with Crippen LogP contribution in [0.5, 0.6) is 0 Å². The third kappa shape index (κ3) is 3.47. The molecule has 1 aromatic heterocycles. The summed E-state index contributed by atoms with van der Waals surface area (Å²) in [5, 5.41) is 4.01. The van der Waals surface area contributed by atoms with Crippen LogP contribution in [-0.4, -0.2) is 15.6 Å². The molecule has 3 nitrogen and oxygen atoms in total. The van der Waals surface area contributed by atoms with Gasteiger partial charge in [-0.15, -0.1) is 0 Å². The molecule has 0 saturated carbocycles. The van der Waals surface area contributed by atoms with Crippen molar-refractivity contribution in [2.45, 2.75) is 19.3 Å². The summed E-state index contributed by atoms with van der Waals surface area (Å²) in [7, 11) is 1.81. The molecular weight excluding hydrogens is 250 g/mol. The fourth-order valence-corrected chi connectivity index (χ4v) is 1.88. The Morgan fingerprint density at radius 3 is 2.68 bits per heavy atom. The van der Waals surface area contributed by atoms with Gasteiger partial charge in [0.1, 0.15) is 5.78 Å². The van der Waals surface area contributed by atoms with Crippen LogP contribution < -0.4 is 0 Å². The molecule has 0 unspecified atom stereocenters. The van der Waals surface area contributed by atoms with Crippen molar-refractivity contribution in [2.75, 3.05) is 0 Å². The number of benzene rings is 1. The standard InChI is InChI=1S/C14H14F2N2O/c1-18-11(6-7-17-18)3-4-12(19)8-10-2-5-13(15)14(16)9-10/h2,5-7,9H,3-4,8H2,1H3. The Morgan fingerprint density at radius 2 is 2.05 bits per heavy atom. The van der Waals surface area contributed by atoms with Gasteiger partial charge in [-0.25, -0.2) is 8.78 Å². The van der Waals surface area contributed by atoms with Crippen molar-refractivity contribution >= 4 is 5.78 Å². The van der Waals surface area contributed by atoms with E-state index in [1.807, 2.05) is 13.1 Å². The van der Waals surface area contributed by atoms with Gasteiger partial charge in [-0.2, -0.15) is 5.10 Å². The minimum atomic E-state index is -0.920. The average molecular weight is 264 g/mol. The smallest absolute Gasteiger partial charge is 0.159 e. The lowest BCUT2D eigenvalue weighted by Crippen LogP contribution is -2.07. The molecule has 0 atom stereocenters. The third-order valence-corrected chi connectivity index (χ3v) is 2.97. The zero-order valence-electron chi connectivity index (χ0n) is 10.6. The SMILES string of the molecule is Cn1nccc1CCC(=O)Cc1ccc(F)c(F)c1. The highest BCUT2D eigenvalue weighted by atomic mass is 19.2. The normalized spacial score (nSPS) is 10.7. The van der Waals surface area contributed by atoms with Crippen molar-refractivity contribution in [3.63, 3.8) is 0 Å². The Morgan fingerprint density at radius 1 is 1.26 bits per heavy atom. The zero-order chi connectivity index (χ0) is 13.8. The molecule has 19 heavy (non-hydrogen) atoms. The number of nitrogens with zero attached hydrogens (tertiary/aromatic N) is 2. The maximum atomic E-state index is 13.0. The number of ketones is 1. The molecule has 0 radical (unpaired) electrons. The monoisotopic (exact) mass is 264 g/mol. The van der Waals surface area contributed by atoms with E-state index in [9.17, 15) is 13.6 Å². The first-order valence-corrected chi connectivity index (χ1v) is 5.99. The lowest BCUT2D eigenvalue weighted by atomic mass is 10.0. The fourth-order valence-electron chi connectivity index (χ4n) is 1.88. The molecule has 0 amide bonds. The second-order valence-corrected chi connectivity index (χ2v) is 4.41. The highest BCUT2D eigenvalue weighted by Gasteiger charge is 2.08. The van der Waals surface area contributed by atoms with E-state index in [1.54, 1.807) is 10.9 Å². The summed E-state index contributed by atoms with van der Waals surface area (Å²) in [6, 6.07) is 5.39. The van der Waals surface area contributed by atoms with Crippen LogP contribution in [0.15, 0.2) is 30.5 Å². The summed E-state index contributed by atoms with van der Waals surface area (Å²) in [6.07, 6.45) is 2.75. The van der Waals surface area contributed by atoms with Crippen LogP contribution >= 0.6 is 0 Å². The molecule has 0 saturated heterocycles. The molecule has 0 fully saturated rings. The van der Waals surface area contributed by atoms with E-state index in [2.05, 4.69) is 5.10 Å². The van der Waals surface area contributed by atoms with Gasteiger partial charge in [-0.1, -0.05) is 6.07 Å². The summed E-state index contributed by atoms with van der Waals surface area (Å²) < 4.78 is 27.5. The third-order valence-electron chi connectivity index (χ3n) is 2.97. The van der Waals surface area contributed by atoms with Crippen molar-refractivity contribution in [1.29, 1.82) is 0 Å². The Hall–Kier alpha value is -2.04. The maximum absolute atomic E-state index is 13.0. The van der Waals surface area contributed by atoms with Crippen LogP contribution in [0.1, 0.15) is 17.7 Å². The Labute approximate surface area is 109 Å². The number of aryl methyl sites for hydroxylation is 2. The summed E-state index contributed by atoms with van der Waals surface area (Å²) >= 11 is 0. The van der Waals surface area contributed by atoms with Gasteiger partial charge in [0.2, 0.25) is 0 Å². The van der Waals surface area contributed by atoms with Crippen LogP contribution in [0, 0.1) is 11.6 Å².